The molecule has 3 heterocycles. The quantitative estimate of drug-likeness (QED) is 0.477. The van der Waals surface area contributed by atoms with E-state index in [0.717, 1.165) is 37.3 Å². The second kappa shape index (κ2) is 11.7. The fraction of sp³-hybridized carbons (Fsp3) is 0.367. The minimum Gasteiger partial charge on any atom is -0.365 e. The van der Waals surface area contributed by atoms with Crippen LogP contribution < -0.4 is 11.1 Å². The number of carbonyl (C=O) groups is 3. The van der Waals surface area contributed by atoms with E-state index in [-0.39, 0.29) is 24.0 Å². The van der Waals surface area contributed by atoms with Crippen molar-refractivity contribution < 1.29 is 14.4 Å². The van der Waals surface area contributed by atoms with Crippen LogP contribution in [0.15, 0.2) is 54.6 Å². The van der Waals surface area contributed by atoms with Crippen LogP contribution in [0.4, 0.5) is 10.5 Å². The summed E-state index contributed by atoms with van der Waals surface area (Å²) < 4.78 is 1.98. The van der Waals surface area contributed by atoms with Gasteiger partial charge in [0, 0.05) is 56.6 Å². The number of hydrogen-bond acceptors (Lipinski definition) is 4. The molecule has 9 nitrogen and oxygen atoms in total. The summed E-state index contributed by atoms with van der Waals surface area (Å²) in [5.41, 5.74) is 9.36. The number of amides is 4. The summed E-state index contributed by atoms with van der Waals surface area (Å²) in [6.45, 7) is 8.75. The Kier molecular flexibility index (Phi) is 8.14. The summed E-state index contributed by atoms with van der Waals surface area (Å²) in [5.74, 6) is -0.620. The van der Waals surface area contributed by atoms with Gasteiger partial charge in [0.1, 0.15) is 0 Å². The predicted molar refractivity (Wildman–Crippen MR) is 156 cm³/mol. The third kappa shape index (κ3) is 5.57. The van der Waals surface area contributed by atoms with Crippen LogP contribution in [0.5, 0.6) is 0 Å². The number of aromatic nitrogens is 1. The van der Waals surface area contributed by atoms with E-state index in [1.54, 1.807) is 29.2 Å². The van der Waals surface area contributed by atoms with Gasteiger partial charge in [-0.1, -0.05) is 41.9 Å². The first-order valence-corrected chi connectivity index (χ1v) is 14.1. The Morgan fingerprint density at radius 2 is 1.57 bits per heavy atom. The summed E-state index contributed by atoms with van der Waals surface area (Å²) in [6.07, 6.45) is 0.951. The molecule has 0 bridgehead atoms. The first-order chi connectivity index (χ1) is 19.2. The van der Waals surface area contributed by atoms with Gasteiger partial charge in [-0.25, -0.2) is 4.79 Å². The number of nitrogens with one attached hydrogen (secondary N) is 1. The van der Waals surface area contributed by atoms with Crippen molar-refractivity contribution in [1.29, 1.82) is 0 Å². The maximum Gasteiger partial charge on any atom is 0.322 e. The van der Waals surface area contributed by atoms with Gasteiger partial charge in [-0.15, -0.1) is 0 Å². The third-order valence-corrected chi connectivity index (χ3v) is 8.13. The molecule has 210 valence electrons. The van der Waals surface area contributed by atoms with E-state index < -0.39 is 5.91 Å². The first kappa shape index (κ1) is 27.7. The van der Waals surface area contributed by atoms with Crippen LogP contribution in [0.1, 0.15) is 46.7 Å². The standard InChI is InChI=1S/C30H35ClN6O3/c1-20(2)34-13-6-14-35(16-15-34)29(39)22-9-11-23(12-10-22)33-30(40)36-17-18-37-24(19-36)25(28(32)38)26(31)27(37)21-7-4-3-5-8-21/h3-5,7-12,20H,6,13-19H2,1-2H3,(H2,32,38)(H,33,40). The molecule has 0 atom stereocenters. The molecule has 0 saturated carbocycles. The maximum atomic E-state index is 13.2. The molecule has 3 aromatic rings. The number of halogens is 1. The molecule has 0 unspecified atom stereocenters. The van der Waals surface area contributed by atoms with Gasteiger partial charge in [0.05, 0.1) is 28.5 Å². The molecule has 0 aliphatic carbocycles. The molecule has 2 aliphatic rings. The number of benzene rings is 2. The molecule has 1 fully saturated rings. The molecule has 40 heavy (non-hydrogen) atoms. The molecular formula is C30H35ClN6O3. The van der Waals surface area contributed by atoms with Crippen LogP contribution in [0.2, 0.25) is 5.02 Å². The summed E-state index contributed by atoms with van der Waals surface area (Å²) in [5, 5.41) is 3.22. The van der Waals surface area contributed by atoms with Crippen LogP contribution in [0, 0.1) is 0 Å². The van der Waals surface area contributed by atoms with Gasteiger partial charge in [-0.05, 0) is 50.1 Å². The average molecular weight is 563 g/mol. The normalized spacial score (nSPS) is 16.0. The Labute approximate surface area is 239 Å². The van der Waals surface area contributed by atoms with Gasteiger partial charge in [-0.2, -0.15) is 0 Å². The Morgan fingerprint density at radius 3 is 2.25 bits per heavy atom. The number of fused-ring (bicyclic) bond motifs is 1. The Bertz CT molecular complexity index is 1400. The molecule has 2 aliphatic heterocycles. The second-order valence-electron chi connectivity index (χ2n) is 10.6. The van der Waals surface area contributed by atoms with Gasteiger partial charge in [0.15, 0.2) is 0 Å². The largest absolute Gasteiger partial charge is 0.365 e. The number of primary amides is 1. The highest BCUT2D eigenvalue weighted by molar-refractivity contribution is 6.36. The maximum absolute atomic E-state index is 13.2. The molecule has 2 aromatic carbocycles. The van der Waals surface area contributed by atoms with Crippen molar-refractivity contribution in [2.45, 2.75) is 39.4 Å². The lowest BCUT2D eigenvalue weighted by atomic mass is 10.1. The molecule has 4 amide bonds. The number of nitrogens with zero attached hydrogens (tertiary/aromatic N) is 4. The van der Waals surface area contributed by atoms with Crippen LogP contribution in [0.3, 0.4) is 0 Å². The Balaban J connectivity index is 1.26. The van der Waals surface area contributed by atoms with E-state index >= 15 is 0 Å². The van der Waals surface area contributed by atoms with E-state index in [4.69, 9.17) is 17.3 Å². The van der Waals surface area contributed by atoms with Gasteiger partial charge >= 0.3 is 6.03 Å². The van der Waals surface area contributed by atoms with Crippen molar-refractivity contribution in [3.63, 3.8) is 0 Å². The van der Waals surface area contributed by atoms with E-state index in [1.165, 1.54) is 0 Å². The molecule has 0 spiro atoms. The van der Waals surface area contributed by atoms with Gasteiger partial charge in [0.2, 0.25) is 0 Å². The number of urea groups is 1. The number of hydrogen-bond donors (Lipinski definition) is 2. The van der Waals surface area contributed by atoms with Crippen LogP contribution in [-0.2, 0) is 13.1 Å². The SMILES string of the molecule is CC(C)N1CCCN(C(=O)c2ccc(NC(=O)N3CCn4c(c(C(N)=O)c(Cl)c4-c4ccccc4)C3)cc2)CC1. The highest BCUT2D eigenvalue weighted by Crippen LogP contribution is 2.37. The van der Waals surface area contributed by atoms with Crippen molar-refractivity contribution in [2.75, 3.05) is 38.0 Å². The van der Waals surface area contributed by atoms with Crippen molar-refractivity contribution >= 4 is 35.1 Å². The zero-order valence-corrected chi connectivity index (χ0v) is 23.7. The van der Waals surface area contributed by atoms with E-state index in [0.29, 0.717) is 47.6 Å². The van der Waals surface area contributed by atoms with Crippen molar-refractivity contribution in [2.24, 2.45) is 5.73 Å². The molecule has 10 heteroatoms. The zero-order chi connectivity index (χ0) is 28.4. The molecule has 1 aromatic heterocycles. The van der Waals surface area contributed by atoms with Crippen molar-refractivity contribution in [3.8, 4) is 11.3 Å². The molecular weight excluding hydrogens is 528 g/mol. The Hall–Kier alpha value is -3.82. The third-order valence-electron chi connectivity index (χ3n) is 7.76. The van der Waals surface area contributed by atoms with Crippen LogP contribution in [0.25, 0.3) is 11.3 Å². The number of nitrogens with two attached hydrogens (primary N) is 1. The summed E-state index contributed by atoms with van der Waals surface area (Å²) in [4.78, 5) is 44.6. The molecule has 1 saturated heterocycles. The summed E-state index contributed by atoms with van der Waals surface area (Å²) in [7, 11) is 0. The van der Waals surface area contributed by atoms with Crippen LogP contribution in [-0.4, -0.2) is 75.9 Å². The van der Waals surface area contributed by atoms with E-state index in [9.17, 15) is 14.4 Å². The molecule has 0 radical (unpaired) electrons. The highest BCUT2D eigenvalue weighted by atomic mass is 35.5. The average Bonchev–Trinajstić information content (AvgIpc) is 3.07. The lowest BCUT2D eigenvalue weighted by Gasteiger charge is -2.30. The molecule has 5 rings (SSSR count). The Morgan fingerprint density at radius 1 is 0.875 bits per heavy atom. The summed E-state index contributed by atoms with van der Waals surface area (Å²) in [6, 6.07) is 16.7. The molecule has 3 N–H and O–H groups in total. The number of anilines is 1. The monoisotopic (exact) mass is 562 g/mol. The number of rotatable bonds is 5. The minimum atomic E-state index is -0.625. The fourth-order valence-electron chi connectivity index (χ4n) is 5.57. The zero-order valence-electron chi connectivity index (χ0n) is 22.9. The topological polar surface area (TPSA) is 104 Å². The van der Waals surface area contributed by atoms with E-state index in [2.05, 4.69) is 24.1 Å². The fourth-order valence-corrected chi connectivity index (χ4v) is 5.98. The van der Waals surface area contributed by atoms with Gasteiger partial charge in [-0.3, -0.25) is 14.5 Å². The minimum absolute atomic E-state index is 0.00496. The summed E-state index contributed by atoms with van der Waals surface area (Å²) >= 11 is 6.66. The van der Waals surface area contributed by atoms with Crippen molar-refractivity contribution in [1.82, 2.24) is 19.3 Å². The van der Waals surface area contributed by atoms with Gasteiger partial charge < -0.3 is 25.4 Å². The van der Waals surface area contributed by atoms with E-state index in [1.807, 2.05) is 39.8 Å². The van der Waals surface area contributed by atoms with Gasteiger partial charge in [0.25, 0.3) is 11.8 Å². The lowest BCUT2D eigenvalue weighted by molar-refractivity contribution is 0.0759. The second-order valence-corrected chi connectivity index (χ2v) is 10.9. The van der Waals surface area contributed by atoms with Crippen molar-refractivity contribution in [3.05, 3.63) is 76.4 Å². The highest BCUT2D eigenvalue weighted by Gasteiger charge is 2.31. The smallest absolute Gasteiger partial charge is 0.322 e. The lowest BCUT2D eigenvalue weighted by Crippen LogP contribution is -2.41. The first-order valence-electron chi connectivity index (χ1n) is 13.7. The van der Waals surface area contributed by atoms with Crippen LogP contribution >= 0.6 is 11.6 Å². The predicted octanol–water partition coefficient (Wildman–Crippen LogP) is 4.51. The number of carbonyl (C=O) groups excluding carboxylic acids is 3.